The molecule has 0 aliphatic carbocycles. The number of nitrogens with zero attached hydrogens (tertiary/aromatic N) is 1. The third-order valence-electron chi connectivity index (χ3n) is 2.78. The van der Waals surface area contributed by atoms with E-state index in [4.69, 9.17) is 5.26 Å². The van der Waals surface area contributed by atoms with E-state index in [0.29, 0.717) is 17.2 Å². The van der Waals surface area contributed by atoms with Crippen molar-refractivity contribution in [1.82, 2.24) is 0 Å². The summed E-state index contributed by atoms with van der Waals surface area (Å²) in [5, 5.41) is 9.00. The van der Waals surface area contributed by atoms with Crippen molar-refractivity contribution in [2.45, 2.75) is 25.2 Å². The highest BCUT2D eigenvalue weighted by Crippen LogP contribution is 2.18. The van der Waals surface area contributed by atoms with Crippen LogP contribution in [0.25, 0.3) is 0 Å². The first-order valence-electron chi connectivity index (χ1n) is 5.53. The molecule has 1 unspecified atom stereocenters. The first-order chi connectivity index (χ1) is 7.84. The van der Waals surface area contributed by atoms with Crippen molar-refractivity contribution in [3.05, 3.63) is 29.8 Å². The van der Waals surface area contributed by atoms with Crippen LogP contribution in [0.3, 0.4) is 0 Å². The number of hydrogen-bond acceptors (Lipinski definition) is 3. The van der Waals surface area contributed by atoms with Gasteiger partial charge < -0.3 is 0 Å². The molecule has 0 aromatic heterocycles. The van der Waals surface area contributed by atoms with Gasteiger partial charge in [-0.05, 0) is 30.0 Å². The zero-order valence-electron chi connectivity index (χ0n) is 10.3. The normalized spacial score (nSPS) is 13.4. The minimum atomic E-state index is -3.13. The number of hydrogen-bond donors (Lipinski definition) is 0. The topological polar surface area (TPSA) is 57.9 Å². The standard InChI is InChI=1S/C13H17NO2S/c1-10(2)12(9-14)8-11-4-6-13(7-5-11)17(3,15)16/h4-7,10,12H,8H2,1-3H3. The molecule has 0 aliphatic rings. The molecule has 1 aromatic carbocycles. The maximum atomic E-state index is 11.3. The van der Waals surface area contributed by atoms with Gasteiger partial charge in [0.2, 0.25) is 0 Å². The molecule has 0 saturated heterocycles. The average Bonchev–Trinajstić information content (AvgIpc) is 2.25. The Kier molecular flexibility index (Phi) is 4.30. The fourth-order valence-electron chi connectivity index (χ4n) is 1.56. The highest BCUT2D eigenvalue weighted by Gasteiger charge is 2.13. The molecule has 92 valence electrons. The Labute approximate surface area is 103 Å². The van der Waals surface area contributed by atoms with Crippen LogP contribution in [0, 0.1) is 23.2 Å². The monoisotopic (exact) mass is 251 g/mol. The van der Waals surface area contributed by atoms with Crippen molar-refractivity contribution in [1.29, 1.82) is 5.26 Å². The van der Waals surface area contributed by atoms with E-state index in [9.17, 15) is 8.42 Å². The second kappa shape index (κ2) is 5.33. The molecule has 1 atom stereocenters. The van der Waals surface area contributed by atoms with Gasteiger partial charge in [-0.1, -0.05) is 26.0 Å². The van der Waals surface area contributed by atoms with E-state index < -0.39 is 9.84 Å². The van der Waals surface area contributed by atoms with Crippen LogP contribution in [-0.4, -0.2) is 14.7 Å². The van der Waals surface area contributed by atoms with Gasteiger partial charge in [0, 0.05) is 6.26 Å². The summed E-state index contributed by atoms with van der Waals surface area (Å²) < 4.78 is 22.6. The molecular weight excluding hydrogens is 234 g/mol. The Morgan fingerprint density at radius 1 is 1.24 bits per heavy atom. The molecule has 0 saturated carbocycles. The van der Waals surface area contributed by atoms with Crippen molar-refractivity contribution < 1.29 is 8.42 Å². The van der Waals surface area contributed by atoms with Crippen LogP contribution in [0.2, 0.25) is 0 Å². The summed E-state index contributed by atoms with van der Waals surface area (Å²) in [6.07, 6.45) is 1.85. The smallest absolute Gasteiger partial charge is 0.175 e. The lowest BCUT2D eigenvalue weighted by atomic mass is 9.91. The SMILES string of the molecule is CC(C)C(C#N)Cc1ccc(S(C)(=O)=O)cc1. The van der Waals surface area contributed by atoms with Crippen LogP contribution < -0.4 is 0 Å². The first kappa shape index (κ1) is 13.7. The van der Waals surface area contributed by atoms with E-state index in [0.717, 1.165) is 5.56 Å². The summed E-state index contributed by atoms with van der Waals surface area (Å²) in [6.45, 7) is 4.03. The van der Waals surface area contributed by atoms with Gasteiger partial charge in [-0.15, -0.1) is 0 Å². The summed E-state index contributed by atoms with van der Waals surface area (Å²) in [6, 6.07) is 9.03. The molecule has 17 heavy (non-hydrogen) atoms. The molecule has 1 aromatic rings. The average molecular weight is 251 g/mol. The van der Waals surface area contributed by atoms with Crippen LogP contribution in [-0.2, 0) is 16.3 Å². The summed E-state index contributed by atoms with van der Waals surface area (Å²) >= 11 is 0. The molecule has 0 radical (unpaired) electrons. The summed E-state index contributed by atoms with van der Waals surface area (Å²) in [5.41, 5.74) is 0.998. The van der Waals surface area contributed by atoms with Crippen LogP contribution >= 0.6 is 0 Å². The lowest BCUT2D eigenvalue weighted by Crippen LogP contribution is -2.09. The van der Waals surface area contributed by atoms with Crippen molar-refractivity contribution >= 4 is 9.84 Å². The minimum absolute atomic E-state index is 0.0286. The van der Waals surface area contributed by atoms with E-state index in [2.05, 4.69) is 6.07 Å². The Morgan fingerprint density at radius 2 is 1.76 bits per heavy atom. The summed E-state index contributed by atoms with van der Waals surface area (Å²) in [5.74, 6) is 0.272. The van der Waals surface area contributed by atoms with Gasteiger partial charge in [0.15, 0.2) is 9.84 Å². The number of nitriles is 1. The Hall–Kier alpha value is -1.34. The van der Waals surface area contributed by atoms with E-state index in [1.165, 1.54) is 6.26 Å². The zero-order valence-corrected chi connectivity index (χ0v) is 11.2. The second-order valence-corrected chi connectivity index (χ2v) is 6.62. The van der Waals surface area contributed by atoms with Crippen molar-refractivity contribution in [2.75, 3.05) is 6.26 Å². The largest absolute Gasteiger partial charge is 0.224 e. The third-order valence-corrected chi connectivity index (χ3v) is 3.91. The second-order valence-electron chi connectivity index (χ2n) is 4.60. The fourth-order valence-corrected chi connectivity index (χ4v) is 2.19. The highest BCUT2D eigenvalue weighted by molar-refractivity contribution is 7.90. The Balaban J connectivity index is 2.86. The molecule has 0 spiro atoms. The van der Waals surface area contributed by atoms with Crippen molar-refractivity contribution in [3.63, 3.8) is 0 Å². The number of sulfone groups is 1. The summed E-state index contributed by atoms with van der Waals surface area (Å²) in [7, 11) is -3.13. The van der Waals surface area contributed by atoms with Gasteiger partial charge in [-0.2, -0.15) is 5.26 Å². The lowest BCUT2D eigenvalue weighted by molar-refractivity contribution is 0.474. The molecule has 0 aliphatic heterocycles. The van der Waals surface area contributed by atoms with Gasteiger partial charge in [-0.25, -0.2) is 8.42 Å². The van der Waals surface area contributed by atoms with Crippen LogP contribution in [0.15, 0.2) is 29.2 Å². The molecular formula is C13H17NO2S. The molecule has 4 heteroatoms. The van der Waals surface area contributed by atoms with Crippen LogP contribution in [0.4, 0.5) is 0 Å². The van der Waals surface area contributed by atoms with Crippen LogP contribution in [0.5, 0.6) is 0 Å². The number of rotatable bonds is 4. The van der Waals surface area contributed by atoms with Gasteiger partial charge in [0.25, 0.3) is 0 Å². The van der Waals surface area contributed by atoms with E-state index >= 15 is 0 Å². The molecule has 0 amide bonds. The quantitative estimate of drug-likeness (QED) is 0.825. The zero-order chi connectivity index (χ0) is 13.1. The molecule has 1 rings (SSSR count). The van der Waals surface area contributed by atoms with E-state index in [1.807, 2.05) is 13.8 Å². The molecule has 3 nitrogen and oxygen atoms in total. The van der Waals surface area contributed by atoms with Gasteiger partial charge in [0.1, 0.15) is 0 Å². The summed E-state index contributed by atoms with van der Waals surface area (Å²) in [4.78, 5) is 0.319. The molecule has 0 heterocycles. The van der Waals surface area contributed by atoms with E-state index in [-0.39, 0.29) is 5.92 Å². The Morgan fingerprint density at radius 3 is 2.12 bits per heavy atom. The maximum absolute atomic E-state index is 11.3. The fraction of sp³-hybridized carbons (Fsp3) is 0.462. The van der Waals surface area contributed by atoms with Crippen LogP contribution in [0.1, 0.15) is 19.4 Å². The molecule has 0 bridgehead atoms. The van der Waals surface area contributed by atoms with Gasteiger partial charge >= 0.3 is 0 Å². The highest BCUT2D eigenvalue weighted by atomic mass is 32.2. The van der Waals surface area contributed by atoms with E-state index in [1.54, 1.807) is 24.3 Å². The minimum Gasteiger partial charge on any atom is -0.224 e. The number of benzene rings is 1. The molecule has 0 N–H and O–H groups in total. The predicted octanol–water partition coefficient (Wildman–Crippen LogP) is 2.43. The Bertz CT molecular complexity index is 509. The van der Waals surface area contributed by atoms with Gasteiger partial charge in [-0.3, -0.25) is 0 Å². The van der Waals surface area contributed by atoms with Gasteiger partial charge in [0.05, 0.1) is 16.9 Å². The maximum Gasteiger partial charge on any atom is 0.175 e. The molecule has 0 fully saturated rings. The third kappa shape index (κ3) is 3.86. The van der Waals surface area contributed by atoms with Crippen molar-refractivity contribution in [3.8, 4) is 6.07 Å². The first-order valence-corrected chi connectivity index (χ1v) is 7.42. The predicted molar refractivity (Wildman–Crippen MR) is 67.2 cm³/mol. The lowest BCUT2D eigenvalue weighted by Gasteiger charge is -2.12. The van der Waals surface area contributed by atoms with Crippen molar-refractivity contribution in [2.24, 2.45) is 11.8 Å².